The molecule has 1 aliphatic rings. The summed E-state index contributed by atoms with van der Waals surface area (Å²) in [5.74, 6) is 0.163. The minimum Gasteiger partial charge on any atom is -0.349 e. The van der Waals surface area contributed by atoms with Crippen LogP contribution < -0.4 is 0 Å². The summed E-state index contributed by atoms with van der Waals surface area (Å²) in [6.45, 7) is 3.48. The van der Waals surface area contributed by atoms with Gasteiger partial charge >= 0.3 is 0 Å². The summed E-state index contributed by atoms with van der Waals surface area (Å²) in [5, 5.41) is 0. The lowest BCUT2D eigenvalue weighted by molar-refractivity contribution is -0.236. The standard InChI is InChI=1S/C14H18O3/c1-10(15)8-13-9-14(17-11(2)16-13)12-6-4-3-5-7-12/h3-7,11,13-14H,8-9H2,1-2H3/t11-,13?,14-/m1/s1. The molecule has 0 aliphatic carbocycles. The van der Waals surface area contributed by atoms with E-state index >= 15 is 0 Å². The normalized spacial score (nSPS) is 28.9. The molecule has 0 amide bonds. The molecule has 0 radical (unpaired) electrons. The number of rotatable bonds is 3. The second-order valence-electron chi connectivity index (χ2n) is 4.50. The van der Waals surface area contributed by atoms with Crippen LogP contribution in [0.15, 0.2) is 30.3 Å². The smallest absolute Gasteiger partial charge is 0.156 e. The van der Waals surface area contributed by atoms with Crippen molar-refractivity contribution in [2.24, 2.45) is 0 Å². The Morgan fingerprint density at radius 2 is 2.00 bits per heavy atom. The van der Waals surface area contributed by atoms with E-state index in [4.69, 9.17) is 9.47 Å². The Morgan fingerprint density at radius 1 is 1.29 bits per heavy atom. The largest absolute Gasteiger partial charge is 0.349 e. The van der Waals surface area contributed by atoms with Gasteiger partial charge < -0.3 is 9.47 Å². The van der Waals surface area contributed by atoms with Crippen molar-refractivity contribution >= 4 is 5.78 Å². The second-order valence-corrected chi connectivity index (χ2v) is 4.50. The van der Waals surface area contributed by atoms with Gasteiger partial charge in [0.25, 0.3) is 0 Å². The molecule has 0 spiro atoms. The van der Waals surface area contributed by atoms with Gasteiger partial charge in [0.05, 0.1) is 12.2 Å². The molecule has 1 aromatic rings. The monoisotopic (exact) mass is 234 g/mol. The molecule has 2 rings (SSSR count). The molecule has 1 unspecified atom stereocenters. The van der Waals surface area contributed by atoms with Gasteiger partial charge in [-0.1, -0.05) is 30.3 Å². The zero-order chi connectivity index (χ0) is 12.3. The van der Waals surface area contributed by atoms with Gasteiger partial charge in [0, 0.05) is 12.8 Å². The molecular formula is C14H18O3. The Bertz CT molecular complexity index is 374. The minimum absolute atomic E-state index is 0.0264. The van der Waals surface area contributed by atoms with Crippen LogP contribution in [0.25, 0.3) is 0 Å². The van der Waals surface area contributed by atoms with Crippen molar-refractivity contribution in [1.29, 1.82) is 0 Å². The first-order valence-electron chi connectivity index (χ1n) is 6.00. The van der Waals surface area contributed by atoms with Crippen LogP contribution in [-0.4, -0.2) is 18.2 Å². The van der Waals surface area contributed by atoms with E-state index in [0.717, 1.165) is 12.0 Å². The highest BCUT2D eigenvalue weighted by molar-refractivity contribution is 5.75. The summed E-state index contributed by atoms with van der Waals surface area (Å²) < 4.78 is 11.4. The lowest BCUT2D eigenvalue weighted by atomic mass is 9.99. The third-order valence-corrected chi connectivity index (χ3v) is 2.90. The van der Waals surface area contributed by atoms with Crippen LogP contribution >= 0.6 is 0 Å². The lowest BCUT2D eigenvalue weighted by Gasteiger charge is -2.34. The maximum Gasteiger partial charge on any atom is 0.156 e. The summed E-state index contributed by atoms with van der Waals surface area (Å²) in [6, 6.07) is 10.1. The Kier molecular flexibility index (Phi) is 3.92. The number of benzene rings is 1. The summed E-state index contributed by atoms with van der Waals surface area (Å²) >= 11 is 0. The number of ether oxygens (including phenoxy) is 2. The van der Waals surface area contributed by atoms with Gasteiger partial charge in [0.1, 0.15) is 5.78 Å². The quantitative estimate of drug-likeness (QED) is 0.806. The fraction of sp³-hybridized carbons (Fsp3) is 0.500. The summed E-state index contributed by atoms with van der Waals surface area (Å²) in [4.78, 5) is 11.1. The van der Waals surface area contributed by atoms with Crippen LogP contribution in [0.4, 0.5) is 0 Å². The molecule has 1 aliphatic heterocycles. The average Bonchev–Trinajstić information content (AvgIpc) is 2.28. The van der Waals surface area contributed by atoms with E-state index in [9.17, 15) is 4.79 Å². The average molecular weight is 234 g/mol. The third-order valence-electron chi connectivity index (χ3n) is 2.90. The van der Waals surface area contributed by atoms with E-state index in [1.54, 1.807) is 6.92 Å². The van der Waals surface area contributed by atoms with Crippen LogP contribution in [0.2, 0.25) is 0 Å². The number of carbonyl (C=O) groups excluding carboxylic acids is 1. The molecule has 1 fully saturated rings. The molecule has 92 valence electrons. The summed E-state index contributed by atoms with van der Waals surface area (Å²) in [6.07, 6.45) is 0.967. The van der Waals surface area contributed by atoms with Crippen molar-refractivity contribution in [3.05, 3.63) is 35.9 Å². The maximum absolute atomic E-state index is 11.1. The van der Waals surface area contributed by atoms with Gasteiger partial charge in [-0.15, -0.1) is 0 Å². The topological polar surface area (TPSA) is 35.5 Å². The first-order valence-corrected chi connectivity index (χ1v) is 6.00. The van der Waals surface area contributed by atoms with Gasteiger partial charge in [-0.25, -0.2) is 0 Å². The Labute approximate surface area is 102 Å². The Morgan fingerprint density at radius 3 is 2.65 bits per heavy atom. The zero-order valence-corrected chi connectivity index (χ0v) is 10.3. The fourth-order valence-electron chi connectivity index (χ4n) is 2.22. The van der Waals surface area contributed by atoms with E-state index in [1.165, 1.54) is 0 Å². The first kappa shape index (κ1) is 12.3. The van der Waals surface area contributed by atoms with Gasteiger partial charge in [-0.2, -0.15) is 0 Å². The van der Waals surface area contributed by atoms with Crippen molar-refractivity contribution in [1.82, 2.24) is 0 Å². The third kappa shape index (κ3) is 3.38. The zero-order valence-electron chi connectivity index (χ0n) is 10.3. The molecule has 17 heavy (non-hydrogen) atoms. The Hall–Kier alpha value is -1.19. The van der Waals surface area contributed by atoms with E-state index in [1.807, 2.05) is 37.3 Å². The fourth-order valence-corrected chi connectivity index (χ4v) is 2.22. The molecule has 1 aromatic carbocycles. The molecule has 0 saturated carbocycles. The highest BCUT2D eigenvalue weighted by Crippen LogP contribution is 2.31. The number of Topliss-reactive ketones (excluding diaryl/α,β-unsaturated/α-hetero) is 1. The Balaban J connectivity index is 2.06. The molecule has 0 bridgehead atoms. The van der Waals surface area contributed by atoms with Crippen LogP contribution in [0.1, 0.15) is 38.4 Å². The molecule has 0 N–H and O–H groups in total. The van der Waals surface area contributed by atoms with Crippen LogP contribution in [0.3, 0.4) is 0 Å². The number of hydrogen-bond donors (Lipinski definition) is 0. The maximum atomic E-state index is 11.1. The van der Waals surface area contributed by atoms with E-state index in [-0.39, 0.29) is 24.3 Å². The molecule has 1 saturated heterocycles. The van der Waals surface area contributed by atoms with Crippen molar-refractivity contribution in [3.8, 4) is 0 Å². The molecule has 0 aromatic heterocycles. The van der Waals surface area contributed by atoms with Crippen LogP contribution in [-0.2, 0) is 14.3 Å². The molecule has 3 heteroatoms. The van der Waals surface area contributed by atoms with E-state index in [2.05, 4.69) is 0 Å². The minimum atomic E-state index is -0.252. The highest BCUT2D eigenvalue weighted by Gasteiger charge is 2.29. The summed E-state index contributed by atoms with van der Waals surface area (Å²) in [5.41, 5.74) is 1.15. The van der Waals surface area contributed by atoms with Gasteiger partial charge in [0.2, 0.25) is 0 Å². The lowest BCUT2D eigenvalue weighted by Crippen LogP contribution is -2.33. The van der Waals surface area contributed by atoms with Crippen molar-refractivity contribution in [3.63, 3.8) is 0 Å². The predicted octanol–water partition coefficient (Wildman–Crippen LogP) is 2.86. The number of ketones is 1. The number of hydrogen-bond acceptors (Lipinski definition) is 3. The molecule has 3 atom stereocenters. The van der Waals surface area contributed by atoms with Crippen molar-refractivity contribution in [2.75, 3.05) is 0 Å². The van der Waals surface area contributed by atoms with E-state index < -0.39 is 0 Å². The predicted molar refractivity (Wildman–Crippen MR) is 64.5 cm³/mol. The SMILES string of the molecule is CC(=O)CC1C[C@H](c2ccccc2)O[C@H](C)O1. The second kappa shape index (κ2) is 5.43. The van der Waals surface area contributed by atoms with E-state index in [0.29, 0.717) is 6.42 Å². The van der Waals surface area contributed by atoms with Crippen LogP contribution in [0, 0.1) is 0 Å². The van der Waals surface area contributed by atoms with Crippen molar-refractivity contribution in [2.45, 2.75) is 45.2 Å². The van der Waals surface area contributed by atoms with Gasteiger partial charge in [-0.3, -0.25) is 4.79 Å². The molecular weight excluding hydrogens is 216 g/mol. The van der Waals surface area contributed by atoms with Gasteiger partial charge in [-0.05, 0) is 19.4 Å². The number of carbonyl (C=O) groups is 1. The van der Waals surface area contributed by atoms with Crippen LogP contribution in [0.5, 0.6) is 0 Å². The summed E-state index contributed by atoms with van der Waals surface area (Å²) in [7, 11) is 0. The first-order chi connectivity index (χ1) is 8.15. The molecule has 3 nitrogen and oxygen atoms in total. The molecule has 1 heterocycles. The van der Waals surface area contributed by atoms with Gasteiger partial charge in [0.15, 0.2) is 6.29 Å². The highest BCUT2D eigenvalue weighted by atomic mass is 16.7. The van der Waals surface area contributed by atoms with Crippen molar-refractivity contribution < 1.29 is 14.3 Å².